The van der Waals surface area contributed by atoms with E-state index in [0.29, 0.717) is 6.61 Å². The van der Waals surface area contributed by atoms with Crippen LogP contribution in [0.2, 0.25) is 5.02 Å². The second-order valence-electron chi connectivity index (χ2n) is 4.68. The van der Waals surface area contributed by atoms with Gasteiger partial charge in [-0.1, -0.05) is 55.3 Å². The molecule has 0 saturated heterocycles. The van der Waals surface area contributed by atoms with Gasteiger partial charge in [-0.3, -0.25) is 0 Å². The molecule has 0 bridgehead atoms. The number of hydrogen-bond donors (Lipinski definition) is 0. The normalized spacial score (nSPS) is 10.7. The maximum absolute atomic E-state index is 6.09. The lowest BCUT2D eigenvalue weighted by Gasteiger charge is -2.10. The molecule has 2 heteroatoms. The SMILES string of the molecule is CCCc1cc(Cl)ccc1-c1ccc(COC)cc1. The Bertz CT molecular complexity index is 531. The van der Waals surface area contributed by atoms with Crippen molar-refractivity contribution < 1.29 is 4.74 Å². The first-order chi connectivity index (χ1) is 9.24. The molecule has 0 aromatic heterocycles. The van der Waals surface area contributed by atoms with E-state index in [-0.39, 0.29) is 0 Å². The number of rotatable bonds is 5. The molecule has 0 amide bonds. The standard InChI is InChI=1S/C17H19ClO/c1-3-4-15-11-16(18)9-10-17(15)14-7-5-13(6-8-14)12-19-2/h5-11H,3-4,12H2,1-2H3. The fourth-order valence-corrected chi connectivity index (χ4v) is 2.46. The molecule has 0 spiro atoms. The van der Waals surface area contributed by atoms with Gasteiger partial charge in [0.05, 0.1) is 6.61 Å². The zero-order valence-corrected chi connectivity index (χ0v) is 12.2. The van der Waals surface area contributed by atoms with E-state index in [1.54, 1.807) is 7.11 Å². The lowest BCUT2D eigenvalue weighted by atomic mass is 9.96. The van der Waals surface area contributed by atoms with Gasteiger partial charge in [-0.05, 0) is 40.8 Å². The van der Waals surface area contributed by atoms with Crippen LogP contribution in [-0.2, 0) is 17.8 Å². The highest BCUT2D eigenvalue weighted by Crippen LogP contribution is 2.28. The third-order valence-electron chi connectivity index (χ3n) is 3.16. The molecule has 0 N–H and O–H groups in total. The van der Waals surface area contributed by atoms with E-state index in [0.717, 1.165) is 17.9 Å². The van der Waals surface area contributed by atoms with Gasteiger partial charge in [-0.15, -0.1) is 0 Å². The topological polar surface area (TPSA) is 9.23 Å². The lowest BCUT2D eigenvalue weighted by Crippen LogP contribution is -1.91. The molecule has 0 radical (unpaired) electrons. The average molecular weight is 275 g/mol. The molecule has 2 aromatic carbocycles. The Kier molecular flexibility index (Phi) is 5.00. The van der Waals surface area contributed by atoms with Crippen LogP contribution >= 0.6 is 11.6 Å². The summed E-state index contributed by atoms with van der Waals surface area (Å²) in [5.41, 5.74) is 5.02. The molecule has 19 heavy (non-hydrogen) atoms. The summed E-state index contributed by atoms with van der Waals surface area (Å²) in [4.78, 5) is 0. The van der Waals surface area contributed by atoms with Crippen molar-refractivity contribution in [1.29, 1.82) is 0 Å². The Balaban J connectivity index is 2.34. The third-order valence-corrected chi connectivity index (χ3v) is 3.40. The zero-order valence-electron chi connectivity index (χ0n) is 11.4. The van der Waals surface area contributed by atoms with E-state index in [9.17, 15) is 0 Å². The second kappa shape index (κ2) is 6.74. The van der Waals surface area contributed by atoms with Crippen LogP contribution in [0.3, 0.4) is 0 Å². The summed E-state index contributed by atoms with van der Waals surface area (Å²) in [6, 6.07) is 14.7. The summed E-state index contributed by atoms with van der Waals surface area (Å²) >= 11 is 6.09. The number of ether oxygens (including phenoxy) is 1. The van der Waals surface area contributed by atoms with Crippen LogP contribution in [0.4, 0.5) is 0 Å². The first kappa shape index (κ1) is 14.1. The Morgan fingerprint density at radius 3 is 2.42 bits per heavy atom. The van der Waals surface area contributed by atoms with E-state index in [2.05, 4.69) is 43.3 Å². The molecule has 0 aliphatic carbocycles. The molecule has 2 rings (SSSR count). The molecule has 0 unspecified atom stereocenters. The van der Waals surface area contributed by atoms with E-state index >= 15 is 0 Å². The van der Waals surface area contributed by atoms with Crippen molar-refractivity contribution in [1.82, 2.24) is 0 Å². The van der Waals surface area contributed by atoms with Crippen molar-refractivity contribution in [3.05, 3.63) is 58.6 Å². The van der Waals surface area contributed by atoms with Gasteiger partial charge < -0.3 is 4.74 Å². The van der Waals surface area contributed by atoms with Gasteiger partial charge in [-0.25, -0.2) is 0 Å². The summed E-state index contributed by atoms with van der Waals surface area (Å²) in [5, 5.41) is 0.809. The van der Waals surface area contributed by atoms with Crippen LogP contribution in [0.15, 0.2) is 42.5 Å². The van der Waals surface area contributed by atoms with Gasteiger partial charge in [0.25, 0.3) is 0 Å². The molecule has 0 aliphatic rings. The number of methoxy groups -OCH3 is 1. The maximum Gasteiger partial charge on any atom is 0.0713 e. The minimum absolute atomic E-state index is 0.655. The molecule has 2 aromatic rings. The largest absolute Gasteiger partial charge is 0.380 e. The lowest BCUT2D eigenvalue weighted by molar-refractivity contribution is 0.185. The van der Waals surface area contributed by atoms with Gasteiger partial charge in [0.1, 0.15) is 0 Å². The van der Waals surface area contributed by atoms with Crippen molar-refractivity contribution in [3.8, 4) is 11.1 Å². The molecular weight excluding hydrogens is 256 g/mol. The molecule has 0 atom stereocenters. The predicted molar refractivity (Wildman–Crippen MR) is 81.6 cm³/mol. The highest BCUT2D eigenvalue weighted by molar-refractivity contribution is 6.30. The van der Waals surface area contributed by atoms with Crippen LogP contribution < -0.4 is 0 Å². The smallest absolute Gasteiger partial charge is 0.0713 e. The number of hydrogen-bond acceptors (Lipinski definition) is 1. The minimum Gasteiger partial charge on any atom is -0.380 e. The first-order valence-electron chi connectivity index (χ1n) is 6.61. The first-order valence-corrected chi connectivity index (χ1v) is 6.99. The van der Waals surface area contributed by atoms with Crippen LogP contribution in [-0.4, -0.2) is 7.11 Å². The van der Waals surface area contributed by atoms with Gasteiger partial charge in [-0.2, -0.15) is 0 Å². The molecule has 0 saturated carbocycles. The highest BCUT2D eigenvalue weighted by atomic mass is 35.5. The maximum atomic E-state index is 6.09. The Morgan fingerprint density at radius 2 is 1.79 bits per heavy atom. The zero-order chi connectivity index (χ0) is 13.7. The van der Waals surface area contributed by atoms with Crippen LogP contribution in [0, 0.1) is 0 Å². The molecule has 0 heterocycles. The fraction of sp³-hybridized carbons (Fsp3) is 0.294. The van der Waals surface area contributed by atoms with Gasteiger partial charge >= 0.3 is 0 Å². The molecular formula is C17H19ClO. The molecule has 100 valence electrons. The molecule has 1 nitrogen and oxygen atoms in total. The quantitative estimate of drug-likeness (QED) is 0.736. The summed E-state index contributed by atoms with van der Waals surface area (Å²) in [5.74, 6) is 0. The summed E-state index contributed by atoms with van der Waals surface area (Å²) < 4.78 is 5.13. The van der Waals surface area contributed by atoms with Gasteiger partial charge in [0.15, 0.2) is 0 Å². The summed E-state index contributed by atoms with van der Waals surface area (Å²) in [6.45, 7) is 2.84. The number of halogens is 1. The van der Waals surface area contributed by atoms with Crippen molar-refractivity contribution in [2.45, 2.75) is 26.4 Å². The second-order valence-corrected chi connectivity index (χ2v) is 5.12. The van der Waals surface area contributed by atoms with E-state index in [4.69, 9.17) is 16.3 Å². The monoisotopic (exact) mass is 274 g/mol. The van der Waals surface area contributed by atoms with Crippen molar-refractivity contribution in [2.75, 3.05) is 7.11 Å². The average Bonchev–Trinajstić information content (AvgIpc) is 2.41. The van der Waals surface area contributed by atoms with E-state index in [1.807, 2.05) is 6.07 Å². The third kappa shape index (κ3) is 3.59. The summed E-state index contributed by atoms with van der Waals surface area (Å²) in [7, 11) is 1.71. The Labute approximate surface area is 120 Å². The molecule has 0 aliphatic heterocycles. The van der Waals surface area contributed by atoms with Crippen LogP contribution in [0.5, 0.6) is 0 Å². The van der Waals surface area contributed by atoms with Crippen LogP contribution in [0.25, 0.3) is 11.1 Å². The van der Waals surface area contributed by atoms with Gasteiger partial charge in [0, 0.05) is 12.1 Å². The van der Waals surface area contributed by atoms with E-state index in [1.165, 1.54) is 22.3 Å². The van der Waals surface area contributed by atoms with Crippen LogP contribution in [0.1, 0.15) is 24.5 Å². The molecule has 0 fully saturated rings. The number of benzene rings is 2. The fourth-order valence-electron chi connectivity index (χ4n) is 2.27. The number of aryl methyl sites for hydroxylation is 1. The minimum atomic E-state index is 0.655. The Hall–Kier alpha value is -1.31. The van der Waals surface area contributed by atoms with Crippen molar-refractivity contribution >= 4 is 11.6 Å². The summed E-state index contributed by atoms with van der Waals surface area (Å²) in [6.07, 6.45) is 2.17. The predicted octanol–water partition coefficient (Wildman–Crippen LogP) is 5.11. The van der Waals surface area contributed by atoms with Crippen molar-refractivity contribution in [2.24, 2.45) is 0 Å². The van der Waals surface area contributed by atoms with Crippen molar-refractivity contribution in [3.63, 3.8) is 0 Å². The highest BCUT2D eigenvalue weighted by Gasteiger charge is 2.05. The Morgan fingerprint density at radius 1 is 1.05 bits per heavy atom. The van der Waals surface area contributed by atoms with E-state index < -0.39 is 0 Å². The van der Waals surface area contributed by atoms with Gasteiger partial charge in [0.2, 0.25) is 0 Å².